The molecule has 0 spiro atoms. The van der Waals surface area contributed by atoms with Crippen LogP contribution in [-0.4, -0.2) is 41.1 Å². The topological polar surface area (TPSA) is 45.2 Å². The van der Waals surface area contributed by atoms with Crippen LogP contribution in [-0.2, 0) is 6.42 Å². The summed E-state index contributed by atoms with van der Waals surface area (Å²) in [5.74, 6) is 2.49. The van der Waals surface area contributed by atoms with Crippen LogP contribution in [0.15, 0.2) is 48.7 Å². The summed E-state index contributed by atoms with van der Waals surface area (Å²) in [6.45, 7) is 10.2. The Labute approximate surface area is 204 Å². The lowest BCUT2D eigenvalue weighted by atomic mass is 9.97. The molecule has 3 aromatic heterocycles. The minimum absolute atomic E-state index is 0.315. The Hall–Kier alpha value is -2.70. The predicted octanol–water partition coefficient (Wildman–Crippen LogP) is 6.42. The van der Waals surface area contributed by atoms with Crippen molar-refractivity contribution in [1.29, 1.82) is 0 Å². The lowest BCUT2D eigenvalue weighted by Crippen LogP contribution is -2.47. The number of aromatic nitrogens is 3. The zero-order valence-corrected chi connectivity index (χ0v) is 20.8. The smallest absolute Gasteiger partial charge is 0.225 e. The van der Waals surface area contributed by atoms with Gasteiger partial charge in [-0.25, -0.2) is 9.97 Å². The van der Waals surface area contributed by atoms with E-state index in [-0.39, 0.29) is 0 Å². The first-order valence-corrected chi connectivity index (χ1v) is 12.7. The molecular formula is C26H28ClN5S. The molecule has 7 heteroatoms. The molecule has 1 aromatic carbocycles. The average molecular weight is 478 g/mol. The summed E-state index contributed by atoms with van der Waals surface area (Å²) in [4.78, 5) is 20.9. The number of hydrogen-bond acceptors (Lipinski definition) is 6. The van der Waals surface area contributed by atoms with Gasteiger partial charge in [0.05, 0.1) is 5.39 Å². The van der Waals surface area contributed by atoms with Gasteiger partial charge in [0.1, 0.15) is 16.5 Å². The Bertz CT molecular complexity index is 1250. The number of thiophene rings is 1. The van der Waals surface area contributed by atoms with Crippen molar-refractivity contribution in [2.45, 2.75) is 33.1 Å². The van der Waals surface area contributed by atoms with Crippen molar-refractivity contribution in [3.63, 3.8) is 0 Å². The van der Waals surface area contributed by atoms with E-state index in [9.17, 15) is 0 Å². The Morgan fingerprint density at radius 1 is 0.970 bits per heavy atom. The molecule has 0 atom stereocenters. The third-order valence-electron chi connectivity index (χ3n) is 6.32. The van der Waals surface area contributed by atoms with Gasteiger partial charge in [-0.1, -0.05) is 51.1 Å². The molecule has 33 heavy (non-hydrogen) atoms. The molecule has 0 saturated carbocycles. The van der Waals surface area contributed by atoms with Gasteiger partial charge in [0, 0.05) is 42.8 Å². The van der Waals surface area contributed by atoms with Crippen LogP contribution in [0.1, 0.15) is 37.1 Å². The third-order valence-corrected chi connectivity index (χ3v) is 7.71. The van der Waals surface area contributed by atoms with Crippen molar-refractivity contribution >= 4 is 44.8 Å². The SMILES string of the molecule is CCc1sc2nc(Cl)nc(N3CCN(c4ccccn4)CC3)c2c1-c1ccc(C(C)C)cc1. The largest absolute Gasteiger partial charge is 0.353 e. The van der Waals surface area contributed by atoms with E-state index in [2.05, 4.69) is 70.9 Å². The Kier molecular flexibility index (Phi) is 6.21. The summed E-state index contributed by atoms with van der Waals surface area (Å²) in [5.41, 5.74) is 3.83. The molecule has 1 fully saturated rings. The molecule has 0 amide bonds. The van der Waals surface area contributed by atoms with Gasteiger partial charge in [0.15, 0.2) is 0 Å². The predicted molar refractivity (Wildman–Crippen MR) is 140 cm³/mol. The Balaban J connectivity index is 1.55. The number of nitrogens with zero attached hydrogens (tertiary/aromatic N) is 5. The molecule has 0 radical (unpaired) electrons. The molecule has 4 heterocycles. The van der Waals surface area contributed by atoms with E-state index in [4.69, 9.17) is 16.6 Å². The summed E-state index contributed by atoms with van der Waals surface area (Å²) in [7, 11) is 0. The first kappa shape index (κ1) is 22.1. The molecular weight excluding hydrogens is 450 g/mol. The molecule has 1 saturated heterocycles. The summed E-state index contributed by atoms with van der Waals surface area (Å²) in [6.07, 6.45) is 2.80. The standard InChI is InChI=1S/C26H28ClN5S/c1-4-20-22(19-10-8-18(9-11-19)17(2)3)23-24(29-26(27)30-25(23)33-20)32-15-13-31(14-16-32)21-7-5-6-12-28-21/h5-12,17H,4,13-16H2,1-3H3. The highest BCUT2D eigenvalue weighted by Crippen LogP contribution is 2.43. The number of hydrogen-bond donors (Lipinski definition) is 0. The van der Waals surface area contributed by atoms with Crippen LogP contribution in [0, 0.1) is 0 Å². The third kappa shape index (κ3) is 4.30. The summed E-state index contributed by atoms with van der Waals surface area (Å²) < 4.78 is 0. The number of benzene rings is 1. The van der Waals surface area contributed by atoms with Gasteiger partial charge in [-0.3, -0.25) is 0 Å². The fraction of sp³-hybridized carbons (Fsp3) is 0.346. The maximum Gasteiger partial charge on any atom is 0.225 e. The summed E-state index contributed by atoms with van der Waals surface area (Å²) in [5, 5.41) is 1.44. The number of fused-ring (bicyclic) bond motifs is 1. The van der Waals surface area contributed by atoms with E-state index in [1.54, 1.807) is 11.3 Å². The highest BCUT2D eigenvalue weighted by atomic mass is 35.5. The minimum Gasteiger partial charge on any atom is -0.353 e. The fourth-order valence-corrected chi connectivity index (χ4v) is 5.85. The molecule has 170 valence electrons. The normalized spacial score (nSPS) is 14.5. The molecule has 0 unspecified atom stereocenters. The van der Waals surface area contributed by atoms with Crippen molar-refractivity contribution in [3.05, 3.63) is 64.4 Å². The van der Waals surface area contributed by atoms with Crippen molar-refractivity contribution in [3.8, 4) is 11.1 Å². The van der Waals surface area contributed by atoms with E-state index < -0.39 is 0 Å². The second-order valence-corrected chi connectivity index (χ2v) is 10.1. The van der Waals surface area contributed by atoms with Crippen LogP contribution in [0.4, 0.5) is 11.6 Å². The van der Waals surface area contributed by atoms with Crippen LogP contribution in [0.25, 0.3) is 21.3 Å². The Morgan fingerprint density at radius 3 is 2.33 bits per heavy atom. The quantitative estimate of drug-likeness (QED) is 0.310. The number of rotatable bonds is 5. The number of pyridine rings is 1. The van der Waals surface area contributed by atoms with Crippen molar-refractivity contribution in [2.75, 3.05) is 36.0 Å². The molecule has 1 aliphatic rings. The number of aryl methyl sites for hydroxylation is 1. The van der Waals surface area contributed by atoms with Crippen LogP contribution in [0.2, 0.25) is 5.28 Å². The highest BCUT2D eigenvalue weighted by Gasteiger charge is 2.25. The lowest BCUT2D eigenvalue weighted by Gasteiger charge is -2.36. The fourth-order valence-electron chi connectivity index (χ4n) is 4.51. The van der Waals surface area contributed by atoms with E-state index in [0.29, 0.717) is 11.2 Å². The first-order chi connectivity index (χ1) is 16.0. The van der Waals surface area contributed by atoms with E-state index in [1.807, 2.05) is 18.3 Å². The average Bonchev–Trinajstić information content (AvgIpc) is 3.22. The second kappa shape index (κ2) is 9.27. The van der Waals surface area contributed by atoms with Gasteiger partial charge in [-0.05, 0) is 47.2 Å². The van der Waals surface area contributed by atoms with E-state index in [1.165, 1.54) is 21.6 Å². The molecule has 0 aliphatic carbocycles. The minimum atomic E-state index is 0.315. The highest BCUT2D eigenvalue weighted by molar-refractivity contribution is 7.19. The Morgan fingerprint density at radius 2 is 1.70 bits per heavy atom. The molecule has 4 aromatic rings. The van der Waals surface area contributed by atoms with Gasteiger partial charge in [-0.2, -0.15) is 4.98 Å². The van der Waals surface area contributed by atoms with Crippen LogP contribution >= 0.6 is 22.9 Å². The second-order valence-electron chi connectivity index (χ2n) is 8.69. The molecule has 5 rings (SSSR count). The maximum atomic E-state index is 6.41. The van der Waals surface area contributed by atoms with Gasteiger partial charge in [-0.15, -0.1) is 11.3 Å². The number of anilines is 2. The molecule has 1 aliphatic heterocycles. The maximum absolute atomic E-state index is 6.41. The summed E-state index contributed by atoms with van der Waals surface area (Å²) >= 11 is 8.15. The van der Waals surface area contributed by atoms with Crippen molar-refractivity contribution < 1.29 is 0 Å². The van der Waals surface area contributed by atoms with Gasteiger partial charge >= 0.3 is 0 Å². The van der Waals surface area contributed by atoms with Crippen LogP contribution < -0.4 is 9.80 Å². The molecule has 0 N–H and O–H groups in total. The van der Waals surface area contributed by atoms with Gasteiger partial charge in [0.2, 0.25) is 5.28 Å². The van der Waals surface area contributed by atoms with Gasteiger partial charge < -0.3 is 9.80 Å². The number of halogens is 1. The lowest BCUT2D eigenvalue weighted by molar-refractivity contribution is 0.643. The monoisotopic (exact) mass is 477 g/mol. The van der Waals surface area contributed by atoms with E-state index >= 15 is 0 Å². The van der Waals surface area contributed by atoms with Crippen molar-refractivity contribution in [2.24, 2.45) is 0 Å². The summed E-state index contributed by atoms with van der Waals surface area (Å²) in [6, 6.07) is 15.0. The van der Waals surface area contributed by atoms with Crippen LogP contribution in [0.5, 0.6) is 0 Å². The van der Waals surface area contributed by atoms with Crippen molar-refractivity contribution in [1.82, 2.24) is 15.0 Å². The molecule has 5 nitrogen and oxygen atoms in total. The molecule has 0 bridgehead atoms. The number of piperazine rings is 1. The first-order valence-electron chi connectivity index (χ1n) is 11.5. The zero-order chi connectivity index (χ0) is 22.9. The van der Waals surface area contributed by atoms with E-state index in [0.717, 1.165) is 54.5 Å². The van der Waals surface area contributed by atoms with Crippen LogP contribution in [0.3, 0.4) is 0 Å². The zero-order valence-electron chi connectivity index (χ0n) is 19.3. The van der Waals surface area contributed by atoms with Gasteiger partial charge in [0.25, 0.3) is 0 Å².